The number of hydrogen-bond acceptors (Lipinski definition) is 6. The fourth-order valence-electron chi connectivity index (χ4n) is 3.80. The second-order valence-corrected chi connectivity index (χ2v) is 7.26. The third kappa shape index (κ3) is 4.90. The summed E-state index contributed by atoms with van der Waals surface area (Å²) in [5.41, 5.74) is 0.721. The van der Waals surface area contributed by atoms with Crippen LogP contribution < -0.4 is 5.32 Å². The normalized spacial score (nSPS) is 26.5. The molecule has 0 bridgehead atoms. The van der Waals surface area contributed by atoms with E-state index in [-0.39, 0.29) is 12.1 Å². The summed E-state index contributed by atoms with van der Waals surface area (Å²) in [7, 11) is 1.31. The van der Waals surface area contributed by atoms with E-state index in [4.69, 9.17) is 4.74 Å². The van der Waals surface area contributed by atoms with Crippen molar-refractivity contribution in [2.75, 3.05) is 7.05 Å². The van der Waals surface area contributed by atoms with Gasteiger partial charge in [0.05, 0.1) is 5.56 Å². The van der Waals surface area contributed by atoms with Crippen molar-refractivity contribution in [1.82, 2.24) is 10.2 Å². The number of amides is 1. The van der Waals surface area contributed by atoms with Crippen LogP contribution in [0.2, 0.25) is 0 Å². The number of aliphatic hydroxyl groups is 2. The monoisotopic (exact) mass is 434 g/mol. The van der Waals surface area contributed by atoms with E-state index in [9.17, 15) is 28.6 Å². The molecular formula is C22H24F2N2O5. The van der Waals surface area contributed by atoms with Crippen LogP contribution in [0.5, 0.6) is 0 Å². The number of carbonyl (C=O) groups excluding carboxylic acids is 2. The number of nitrogens with zero attached hydrogens (tertiary/aromatic N) is 1. The van der Waals surface area contributed by atoms with E-state index in [1.165, 1.54) is 19.2 Å². The fraction of sp³-hybridized carbons (Fsp3) is 0.364. The number of rotatable bonds is 6. The Hall–Kier alpha value is -2.88. The van der Waals surface area contributed by atoms with Crippen LogP contribution in [0.3, 0.4) is 0 Å². The van der Waals surface area contributed by atoms with Gasteiger partial charge in [0.25, 0.3) is 6.43 Å². The van der Waals surface area contributed by atoms with Gasteiger partial charge in [-0.05, 0) is 17.7 Å². The number of benzene rings is 2. The third-order valence-electron chi connectivity index (χ3n) is 5.32. The lowest BCUT2D eigenvalue weighted by Gasteiger charge is -2.48. The molecule has 1 heterocycles. The molecule has 166 valence electrons. The molecule has 0 spiro atoms. The predicted octanol–water partition coefficient (Wildman–Crippen LogP) is 1.20. The number of carbonyl (C=O) groups is 2. The molecule has 0 saturated carbocycles. The maximum absolute atomic E-state index is 14.3. The molecule has 5 atom stereocenters. The molecule has 31 heavy (non-hydrogen) atoms. The first-order valence-electron chi connectivity index (χ1n) is 9.76. The van der Waals surface area contributed by atoms with Gasteiger partial charge >= 0.3 is 5.97 Å². The molecule has 3 rings (SSSR count). The number of nitrogens with one attached hydrogen (secondary N) is 1. The number of halogens is 2. The van der Waals surface area contributed by atoms with E-state index in [1.807, 2.05) is 0 Å². The fourth-order valence-corrected chi connectivity index (χ4v) is 3.80. The quantitative estimate of drug-likeness (QED) is 0.591. The van der Waals surface area contributed by atoms with Gasteiger partial charge in [0, 0.05) is 13.6 Å². The molecule has 7 nitrogen and oxygen atoms in total. The van der Waals surface area contributed by atoms with E-state index >= 15 is 0 Å². The van der Waals surface area contributed by atoms with Crippen LogP contribution in [-0.2, 0) is 16.1 Å². The Kier molecular flexibility index (Phi) is 7.32. The second kappa shape index (κ2) is 9.95. The van der Waals surface area contributed by atoms with Gasteiger partial charge in [0.1, 0.15) is 24.3 Å². The Balaban J connectivity index is 1.98. The Morgan fingerprint density at radius 2 is 1.61 bits per heavy atom. The van der Waals surface area contributed by atoms with Gasteiger partial charge in [-0.15, -0.1) is 0 Å². The molecule has 1 fully saturated rings. The number of alkyl halides is 2. The summed E-state index contributed by atoms with van der Waals surface area (Å²) in [5.74, 6) is -1.65. The van der Waals surface area contributed by atoms with E-state index in [1.54, 1.807) is 48.5 Å². The average molecular weight is 434 g/mol. The molecule has 2 aromatic carbocycles. The maximum Gasteiger partial charge on any atom is 0.338 e. The van der Waals surface area contributed by atoms with Crippen LogP contribution in [-0.4, -0.2) is 70.9 Å². The largest absolute Gasteiger partial charge is 0.454 e. The summed E-state index contributed by atoms with van der Waals surface area (Å²) in [6.07, 6.45) is -8.48. The van der Waals surface area contributed by atoms with Crippen molar-refractivity contribution in [3.05, 3.63) is 71.8 Å². The van der Waals surface area contributed by atoms with Crippen LogP contribution in [0.25, 0.3) is 0 Å². The lowest BCUT2D eigenvalue weighted by atomic mass is 9.86. The predicted molar refractivity (Wildman–Crippen MR) is 107 cm³/mol. The zero-order chi connectivity index (χ0) is 22.5. The Morgan fingerprint density at radius 3 is 2.16 bits per heavy atom. The number of piperidine rings is 1. The number of likely N-dealkylation sites (N-methyl/N-ethyl adjacent to an activating group) is 1. The van der Waals surface area contributed by atoms with Gasteiger partial charge in [0.2, 0.25) is 5.91 Å². The van der Waals surface area contributed by atoms with Crippen LogP contribution in [0.1, 0.15) is 15.9 Å². The first-order chi connectivity index (χ1) is 14.8. The van der Waals surface area contributed by atoms with Gasteiger partial charge < -0.3 is 20.3 Å². The topological polar surface area (TPSA) is 99.1 Å². The minimum absolute atomic E-state index is 0.111. The van der Waals surface area contributed by atoms with Gasteiger partial charge in [0.15, 0.2) is 6.10 Å². The molecule has 0 unspecified atom stereocenters. The van der Waals surface area contributed by atoms with Crippen molar-refractivity contribution in [3.63, 3.8) is 0 Å². The molecule has 9 heteroatoms. The smallest absolute Gasteiger partial charge is 0.338 e. The van der Waals surface area contributed by atoms with Crippen LogP contribution in [0.15, 0.2) is 60.7 Å². The summed E-state index contributed by atoms with van der Waals surface area (Å²) < 4.78 is 33.8. The maximum atomic E-state index is 14.3. The first kappa shape index (κ1) is 22.8. The second-order valence-electron chi connectivity index (χ2n) is 7.26. The van der Waals surface area contributed by atoms with Crippen molar-refractivity contribution in [3.8, 4) is 0 Å². The van der Waals surface area contributed by atoms with Gasteiger partial charge in [-0.3, -0.25) is 9.69 Å². The van der Waals surface area contributed by atoms with Crippen molar-refractivity contribution < 1.29 is 33.3 Å². The molecule has 0 aromatic heterocycles. The van der Waals surface area contributed by atoms with E-state index < -0.39 is 48.7 Å². The standard InChI is InChI=1S/C22H24F2N2O5/c1-25-21(29)15-17(27)18(28)19(31-22(30)14-10-6-3-7-11-14)16(20(23)24)26(15)12-13-8-4-2-5-9-13/h2-11,15-20,27-28H,12H2,1H3,(H,25,29)/t15-,16-,17+,18+,19+/m0/s1. The highest BCUT2D eigenvalue weighted by molar-refractivity contribution is 5.89. The Morgan fingerprint density at radius 1 is 1.03 bits per heavy atom. The van der Waals surface area contributed by atoms with Crippen molar-refractivity contribution in [2.45, 2.75) is 43.4 Å². The van der Waals surface area contributed by atoms with Crippen molar-refractivity contribution >= 4 is 11.9 Å². The Bertz CT molecular complexity index is 884. The van der Waals surface area contributed by atoms with Gasteiger partial charge in [-0.2, -0.15) is 0 Å². The summed E-state index contributed by atoms with van der Waals surface area (Å²) in [4.78, 5) is 26.1. The molecule has 1 aliphatic rings. The molecule has 0 aliphatic carbocycles. The Labute approximate surface area is 178 Å². The van der Waals surface area contributed by atoms with Gasteiger partial charge in [-0.25, -0.2) is 13.6 Å². The third-order valence-corrected chi connectivity index (χ3v) is 5.32. The minimum atomic E-state index is -3.08. The highest BCUT2D eigenvalue weighted by Crippen LogP contribution is 2.32. The number of esters is 1. The lowest BCUT2D eigenvalue weighted by molar-refractivity contribution is -0.195. The summed E-state index contributed by atoms with van der Waals surface area (Å²) >= 11 is 0. The molecule has 2 aromatic rings. The lowest BCUT2D eigenvalue weighted by Crippen LogP contribution is -2.71. The first-order valence-corrected chi connectivity index (χ1v) is 9.76. The van der Waals surface area contributed by atoms with Crippen molar-refractivity contribution in [1.29, 1.82) is 0 Å². The SMILES string of the molecule is CNC(=O)[C@@H]1[C@@H](O)[C@@H](O)[C@H](OC(=O)c2ccccc2)[C@@H](C(F)F)N1Cc1ccccc1. The van der Waals surface area contributed by atoms with Gasteiger partial charge in [-0.1, -0.05) is 48.5 Å². The number of likely N-dealkylation sites (tertiary alicyclic amines) is 1. The van der Waals surface area contributed by atoms with E-state index in [2.05, 4.69) is 5.32 Å². The number of aliphatic hydroxyl groups excluding tert-OH is 2. The molecule has 1 aliphatic heterocycles. The zero-order valence-corrected chi connectivity index (χ0v) is 16.8. The zero-order valence-electron chi connectivity index (χ0n) is 16.8. The number of hydrogen-bond donors (Lipinski definition) is 3. The van der Waals surface area contributed by atoms with E-state index in [0.29, 0.717) is 5.56 Å². The highest BCUT2D eigenvalue weighted by atomic mass is 19.3. The summed E-state index contributed by atoms with van der Waals surface area (Å²) in [6, 6.07) is 13.0. The summed E-state index contributed by atoms with van der Waals surface area (Å²) in [6.45, 7) is -0.128. The number of ether oxygens (including phenoxy) is 1. The van der Waals surface area contributed by atoms with Crippen molar-refractivity contribution in [2.24, 2.45) is 0 Å². The molecular weight excluding hydrogens is 410 g/mol. The summed E-state index contributed by atoms with van der Waals surface area (Å²) in [5, 5.41) is 23.6. The molecule has 3 N–H and O–H groups in total. The average Bonchev–Trinajstić information content (AvgIpc) is 2.78. The highest BCUT2D eigenvalue weighted by Gasteiger charge is 2.55. The molecule has 1 saturated heterocycles. The van der Waals surface area contributed by atoms with E-state index in [0.717, 1.165) is 4.90 Å². The van der Waals surface area contributed by atoms with Crippen LogP contribution >= 0.6 is 0 Å². The van der Waals surface area contributed by atoms with Crippen LogP contribution in [0, 0.1) is 0 Å². The molecule has 1 amide bonds. The molecule has 0 radical (unpaired) electrons. The van der Waals surface area contributed by atoms with Crippen LogP contribution in [0.4, 0.5) is 8.78 Å². The minimum Gasteiger partial charge on any atom is -0.454 e.